The summed E-state index contributed by atoms with van der Waals surface area (Å²) in [5.41, 5.74) is -0.434. The molecule has 4 rings (SSSR count). The quantitative estimate of drug-likeness (QED) is 0.190. The largest absolute Gasteiger partial charge is 0.491 e. The van der Waals surface area contributed by atoms with E-state index in [1.807, 2.05) is 0 Å². The summed E-state index contributed by atoms with van der Waals surface area (Å²) in [6.07, 6.45) is 0. The van der Waals surface area contributed by atoms with Crippen LogP contribution in [0.5, 0.6) is 5.75 Å². The Morgan fingerprint density at radius 2 is 1.56 bits per heavy atom. The first kappa shape index (κ1) is 31.7. The minimum atomic E-state index is -4.72. The molecule has 0 bridgehead atoms. The topological polar surface area (TPSA) is 125 Å². The first-order valence-electron chi connectivity index (χ1n) is 12.5. The number of benzene rings is 3. The van der Waals surface area contributed by atoms with E-state index in [9.17, 15) is 31.2 Å². The predicted octanol–water partition coefficient (Wildman–Crippen LogP) is 4.64. The molecule has 0 aromatic heterocycles. The average Bonchev–Trinajstić information content (AvgIpc) is 2.92. The lowest BCUT2D eigenvalue weighted by molar-refractivity contribution is 0.0950. The molecule has 1 heterocycles. The Kier molecular flexibility index (Phi) is 9.22. The molecule has 1 aliphatic heterocycles. The Morgan fingerprint density at radius 1 is 0.953 bits per heavy atom. The summed E-state index contributed by atoms with van der Waals surface area (Å²) >= 11 is 0. The smallest absolute Gasteiger partial charge is 0.397 e. The van der Waals surface area contributed by atoms with Crippen LogP contribution in [-0.4, -0.2) is 50.1 Å². The molecule has 2 N–H and O–H groups in total. The fourth-order valence-corrected chi connectivity index (χ4v) is 4.65. The lowest BCUT2D eigenvalue weighted by atomic mass is 9.98. The van der Waals surface area contributed by atoms with Crippen molar-refractivity contribution in [2.75, 3.05) is 25.2 Å². The van der Waals surface area contributed by atoms with Gasteiger partial charge in [0, 0.05) is 54.5 Å². The van der Waals surface area contributed by atoms with E-state index >= 15 is 8.78 Å². The molecular formula is C27H24F5N3O7S. The van der Waals surface area contributed by atoms with Crippen LogP contribution in [-0.2, 0) is 27.7 Å². The van der Waals surface area contributed by atoms with E-state index < -0.39 is 94.9 Å². The van der Waals surface area contributed by atoms with Crippen molar-refractivity contribution in [2.24, 2.45) is 0 Å². The molecule has 0 saturated carbocycles. The van der Waals surface area contributed by atoms with Gasteiger partial charge in [0.05, 0.1) is 18.3 Å². The van der Waals surface area contributed by atoms with Crippen molar-refractivity contribution in [2.45, 2.75) is 26.1 Å². The van der Waals surface area contributed by atoms with E-state index in [0.29, 0.717) is 17.7 Å². The Balaban J connectivity index is 1.57. The molecule has 3 aromatic rings. The molecule has 0 radical (unpaired) electrons. The van der Waals surface area contributed by atoms with Crippen LogP contribution in [0.25, 0.3) is 0 Å². The van der Waals surface area contributed by atoms with Crippen LogP contribution >= 0.6 is 0 Å². The summed E-state index contributed by atoms with van der Waals surface area (Å²) in [7, 11) is -3.24. The average molecular weight is 630 g/mol. The Morgan fingerprint density at radius 3 is 2.16 bits per heavy atom. The van der Waals surface area contributed by atoms with Crippen LogP contribution in [0.1, 0.15) is 40.0 Å². The first-order valence-corrected chi connectivity index (χ1v) is 13.8. The summed E-state index contributed by atoms with van der Waals surface area (Å²) in [6, 6.07) is 5.66. The van der Waals surface area contributed by atoms with Gasteiger partial charge in [0.15, 0.2) is 0 Å². The molecule has 43 heavy (non-hydrogen) atoms. The Bertz CT molecular complexity index is 1640. The van der Waals surface area contributed by atoms with Gasteiger partial charge in [0.2, 0.25) is 0 Å². The summed E-state index contributed by atoms with van der Waals surface area (Å²) in [4.78, 5) is 28.5. The second kappa shape index (κ2) is 12.5. The summed E-state index contributed by atoms with van der Waals surface area (Å²) in [5.74, 6) is -6.81. The molecule has 16 heteroatoms. The lowest BCUT2D eigenvalue weighted by Gasteiger charge is -2.39. The van der Waals surface area contributed by atoms with Gasteiger partial charge in [0.25, 0.3) is 5.91 Å². The molecule has 3 aromatic carbocycles. The molecule has 0 saturated heterocycles. The van der Waals surface area contributed by atoms with Gasteiger partial charge >= 0.3 is 16.4 Å². The minimum absolute atomic E-state index is 0.0342. The van der Waals surface area contributed by atoms with E-state index in [4.69, 9.17) is 9.29 Å². The zero-order valence-corrected chi connectivity index (χ0v) is 23.4. The number of halogens is 5. The lowest BCUT2D eigenvalue weighted by Crippen LogP contribution is -2.47. The summed E-state index contributed by atoms with van der Waals surface area (Å²) in [6.45, 7) is -0.611. The Labute approximate surface area is 242 Å². The molecule has 0 fully saturated rings. The monoisotopic (exact) mass is 629 g/mol. The number of carbonyl (C=O) groups excluding carboxylic acids is 2. The minimum Gasteiger partial charge on any atom is -0.491 e. The van der Waals surface area contributed by atoms with Crippen molar-refractivity contribution < 1.29 is 53.4 Å². The molecule has 3 amide bonds. The van der Waals surface area contributed by atoms with Gasteiger partial charge in [-0.2, -0.15) is 8.42 Å². The maximum absolute atomic E-state index is 15.0. The number of hydrogen-bond acceptors (Lipinski definition) is 6. The highest BCUT2D eigenvalue weighted by Crippen LogP contribution is 2.38. The van der Waals surface area contributed by atoms with E-state index in [2.05, 4.69) is 9.50 Å². The van der Waals surface area contributed by atoms with Crippen molar-refractivity contribution in [1.29, 1.82) is 0 Å². The van der Waals surface area contributed by atoms with Gasteiger partial charge in [0.1, 0.15) is 48.0 Å². The van der Waals surface area contributed by atoms with Crippen molar-refractivity contribution in [3.8, 4) is 5.75 Å². The first-order chi connectivity index (χ1) is 20.2. The fourth-order valence-electron chi connectivity index (χ4n) is 4.38. The molecule has 0 unspecified atom stereocenters. The van der Waals surface area contributed by atoms with Crippen LogP contribution in [0.4, 0.5) is 32.4 Å². The number of rotatable bonds is 10. The van der Waals surface area contributed by atoms with Gasteiger partial charge < -0.3 is 15.0 Å². The number of fused-ring (bicyclic) bond motifs is 1. The van der Waals surface area contributed by atoms with Crippen molar-refractivity contribution >= 4 is 28.0 Å². The normalized spacial score (nSPS) is 15.0. The predicted molar refractivity (Wildman–Crippen MR) is 141 cm³/mol. The van der Waals surface area contributed by atoms with Crippen molar-refractivity contribution in [3.63, 3.8) is 0 Å². The number of amides is 3. The third kappa shape index (κ3) is 7.21. The number of ether oxygens (including phenoxy) is 1. The van der Waals surface area contributed by atoms with E-state index in [1.165, 1.54) is 30.1 Å². The van der Waals surface area contributed by atoms with Gasteiger partial charge in [-0.25, -0.2) is 30.9 Å². The summed E-state index contributed by atoms with van der Waals surface area (Å²) in [5, 5.41) is 2.33. The molecule has 0 spiro atoms. The zero-order chi connectivity index (χ0) is 31.6. The van der Waals surface area contributed by atoms with E-state index in [1.54, 1.807) is 6.92 Å². The second-order valence-electron chi connectivity index (χ2n) is 9.42. The molecule has 1 atom stereocenters. The van der Waals surface area contributed by atoms with Crippen molar-refractivity contribution in [1.82, 2.24) is 10.2 Å². The molecular weight excluding hydrogens is 605 g/mol. The fraction of sp³-hybridized carbons (Fsp3) is 0.259. The van der Waals surface area contributed by atoms with Crippen LogP contribution in [0.15, 0.2) is 42.5 Å². The molecule has 10 nitrogen and oxygen atoms in total. The number of nitrogens with one attached hydrogen (secondary N) is 1. The zero-order valence-electron chi connectivity index (χ0n) is 22.5. The number of carbonyl (C=O) groups is 2. The molecule has 230 valence electrons. The van der Waals surface area contributed by atoms with Crippen LogP contribution in [0, 0.1) is 29.1 Å². The van der Waals surface area contributed by atoms with Gasteiger partial charge in [-0.05, 0) is 24.6 Å². The third-order valence-electron chi connectivity index (χ3n) is 6.69. The van der Waals surface area contributed by atoms with Gasteiger partial charge in [-0.3, -0.25) is 14.2 Å². The third-order valence-corrected chi connectivity index (χ3v) is 7.16. The highest BCUT2D eigenvalue weighted by atomic mass is 32.3. The highest BCUT2D eigenvalue weighted by molar-refractivity contribution is 7.80. The number of anilines is 1. The maximum Gasteiger partial charge on any atom is 0.397 e. The number of hydrogen-bond donors (Lipinski definition) is 2. The van der Waals surface area contributed by atoms with Gasteiger partial charge in [-0.1, -0.05) is 6.07 Å². The number of urea groups is 1. The van der Waals surface area contributed by atoms with Crippen molar-refractivity contribution in [3.05, 3.63) is 93.8 Å². The molecule has 0 aliphatic carbocycles. The van der Waals surface area contributed by atoms with Crippen LogP contribution < -0.4 is 15.0 Å². The molecule has 1 aliphatic rings. The summed E-state index contributed by atoms with van der Waals surface area (Å²) < 4.78 is 110. The second-order valence-corrected chi connectivity index (χ2v) is 10.5. The maximum atomic E-state index is 15.0. The van der Waals surface area contributed by atoms with E-state index in [-0.39, 0.29) is 17.0 Å². The standard InChI is InChI=1S/C27H24F5N3O7S/c1-14-18-4-3-15(26(36)33-12-19-21(29)8-16(28)9-22(19)30)7-25(18)35(27(37)34(14)2)13-20-23(31)10-17(11-24(20)32)41-5-6-42-43(38,39)40/h3-4,7-11,14H,5-6,12-13H2,1-2H3,(H,33,36)(H,38,39,40)/t14-/m0/s1. The number of nitrogens with zero attached hydrogens (tertiary/aromatic N) is 2. The van der Waals surface area contributed by atoms with Crippen LogP contribution in [0.3, 0.4) is 0 Å². The highest BCUT2D eigenvalue weighted by Gasteiger charge is 2.35. The van der Waals surface area contributed by atoms with Crippen LogP contribution in [0.2, 0.25) is 0 Å². The SMILES string of the molecule is C[C@H]1c2ccc(C(=O)NCc3c(F)cc(F)cc3F)cc2N(Cc2c(F)cc(OCCOS(=O)(=O)O)cc2F)C(=O)N1C. The van der Waals surface area contributed by atoms with E-state index in [0.717, 1.165) is 17.0 Å². The Hall–Kier alpha value is -4.28. The van der Waals surface area contributed by atoms with Gasteiger partial charge in [-0.15, -0.1) is 0 Å².